The summed E-state index contributed by atoms with van der Waals surface area (Å²) in [6.07, 6.45) is 0. The van der Waals surface area contributed by atoms with E-state index in [4.69, 9.17) is 0 Å². The van der Waals surface area contributed by atoms with Gasteiger partial charge in [-0.05, 0) is 43.2 Å². The van der Waals surface area contributed by atoms with Crippen molar-refractivity contribution in [3.05, 3.63) is 46.2 Å². The van der Waals surface area contributed by atoms with E-state index in [-0.39, 0.29) is 17.8 Å². The summed E-state index contributed by atoms with van der Waals surface area (Å²) in [7, 11) is 2.10. The number of amides is 1. The van der Waals surface area contributed by atoms with Gasteiger partial charge in [-0.2, -0.15) is 0 Å². The van der Waals surface area contributed by atoms with E-state index in [1.807, 2.05) is 0 Å². The lowest BCUT2D eigenvalue weighted by molar-refractivity contribution is 0.0889. The van der Waals surface area contributed by atoms with E-state index in [0.717, 1.165) is 43.3 Å². The van der Waals surface area contributed by atoms with Crippen LogP contribution >= 0.6 is 11.5 Å². The molecule has 2 heterocycles. The molecule has 6 nitrogen and oxygen atoms in total. The Kier molecular flexibility index (Phi) is 5.72. The second kappa shape index (κ2) is 7.99. The number of carbonyl (C=O) groups excluding carboxylic acids is 1. The number of nitrogens with one attached hydrogen (secondary N) is 1. The molecular formula is C17H22FN5OS. The third kappa shape index (κ3) is 4.39. The number of piperazine rings is 1. The summed E-state index contributed by atoms with van der Waals surface area (Å²) in [4.78, 5) is 17.5. The standard InChI is InChI=1S/C17H22FN5OS/c1-12-16(25-21-20-12)17(24)19-11-15(13-3-5-14(18)6-4-13)23-9-7-22(2)8-10-23/h3-6,15H,7-11H2,1-2H3,(H,19,24)/t15-/m0/s1. The fourth-order valence-corrected chi connectivity index (χ4v) is 3.56. The fourth-order valence-electron chi connectivity index (χ4n) is 2.99. The minimum absolute atomic E-state index is 0.0134. The number of nitrogens with zero attached hydrogens (tertiary/aromatic N) is 4. The average Bonchev–Trinajstić information content (AvgIpc) is 3.04. The lowest BCUT2D eigenvalue weighted by atomic mass is 10.0. The van der Waals surface area contributed by atoms with Crippen LogP contribution in [0.25, 0.3) is 0 Å². The summed E-state index contributed by atoms with van der Waals surface area (Å²) >= 11 is 1.10. The number of rotatable bonds is 5. The summed E-state index contributed by atoms with van der Waals surface area (Å²) < 4.78 is 17.1. The van der Waals surface area contributed by atoms with Crippen molar-refractivity contribution in [1.82, 2.24) is 24.7 Å². The van der Waals surface area contributed by atoms with E-state index in [1.54, 1.807) is 19.1 Å². The van der Waals surface area contributed by atoms with Crippen LogP contribution < -0.4 is 5.32 Å². The van der Waals surface area contributed by atoms with Crippen LogP contribution in [-0.2, 0) is 0 Å². The Bertz CT molecular complexity index is 712. The Morgan fingerprint density at radius 2 is 1.96 bits per heavy atom. The smallest absolute Gasteiger partial charge is 0.265 e. The maximum Gasteiger partial charge on any atom is 0.265 e. The number of aromatic nitrogens is 2. The number of benzene rings is 1. The van der Waals surface area contributed by atoms with Crippen LogP contribution in [0.15, 0.2) is 24.3 Å². The highest BCUT2D eigenvalue weighted by molar-refractivity contribution is 7.07. The van der Waals surface area contributed by atoms with Crippen molar-refractivity contribution >= 4 is 17.4 Å². The average molecular weight is 363 g/mol. The van der Waals surface area contributed by atoms with Crippen LogP contribution in [0.4, 0.5) is 4.39 Å². The Balaban J connectivity index is 1.73. The van der Waals surface area contributed by atoms with E-state index >= 15 is 0 Å². The maximum absolute atomic E-state index is 13.3. The first-order valence-corrected chi connectivity index (χ1v) is 9.07. The lowest BCUT2D eigenvalue weighted by Crippen LogP contribution is -2.48. The number of hydrogen-bond acceptors (Lipinski definition) is 6. The predicted octanol–water partition coefficient (Wildman–Crippen LogP) is 1.70. The van der Waals surface area contributed by atoms with Crippen molar-refractivity contribution in [1.29, 1.82) is 0 Å². The second-order valence-electron chi connectivity index (χ2n) is 6.30. The van der Waals surface area contributed by atoms with E-state index < -0.39 is 0 Å². The first-order valence-electron chi connectivity index (χ1n) is 8.30. The monoisotopic (exact) mass is 363 g/mol. The van der Waals surface area contributed by atoms with Crippen molar-refractivity contribution in [3.63, 3.8) is 0 Å². The minimum Gasteiger partial charge on any atom is -0.349 e. The summed E-state index contributed by atoms with van der Waals surface area (Å²) in [6.45, 7) is 6.01. The van der Waals surface area contributed by atoms with Crippen LogP contribution in [-0.4, -0.2) is 65.1 Å². The first-order chi connectivity index (χ1) is 12.0. The molecule has 1 atom stereocenters. The van der Waals surface area contributed by atoms with Gasteiger partial charge in [-0.25, -0.2) is 4.39 Å². The third-order valence-electron chi connectivity index (χ3n) is 4.55. The normalized spacial score (nSPS) is 17.4. The molecule has 1 fully saturated rings. The van der Waals surface area contributed by atoms with Gasteiger partial charge in [0.2, 0.25) is 0 Å². The van der Waals surface area contributed by atoms with Crippen molar-refractivity contribution < 1.29 is 9.18 Å². The molecule has 8 heteroatoms. The molecule has 1 aliphatic rings. The summed E-state index contributed by atoms with van der Waals surface area (Å²) in [5.41, 5.74) is 1.64. The summed E-state index contributed by atoms with van der Waals surface area (Å²) in [5, 5.41) is 6.87. The van der Waals surface area contributed by atoms with Crippen molar-refractivity contribution in [2.45, 2.75) is 13.0 Å². The molecule has 3 rings (SSSR count). The molecule has 0 radical (unpaired) electrons. The molecule has 1 saturated heterocycles. The number of halogens is 1. The lowest BCUT2D eigenvalue weighted by Gasteiger charge is -2.38. The van der Waals surface area contributed by atoms with Gasteiger partial charge in [0.05, 0.1) is 11.7 Å². The van der Waals surface area contributed by atoms with Crippen LogP contribution in [0.5, 0.6) is 0 Å². The molecule has 1 aliphatic heterocycles. The Morgan fingerprint density at radius 1 is 1.28 bits per heavy atom. The largest absolute Gasteiger partial charge is 0.349 e. The SMILES string of the molecule is Cc1nnsc1C(=O)NC[C@@H](c1ccc(F)cc1)N1CCN(C)CC1. The topological polar surface area (TPSA) is 61.4 Å². The van der Waals surface area contributed by atoms with Gasteiger partial charge in [-0.1, -0.05) is 16.6 Å². The van der Waals surface area contributed by atoms with Gasteiger partial charge in [-0.15, -0.1) is 5.10 Å². The number of carbonyl (C=O) groups is 1. The summed E-state index contributed by atoms with van der Waals surface area (Å²) in [5.74, 6) is -0.412. The van der Waals surface area contributed by atoms with E-state index in [9.17, 15) is 9.18 Å². The van der Waals surface area contributed by atoms with Crippen LogP contribution in [0.2, 0.25) is 0 Å². The maximum atomic E-state index is 13.3. The molecule has 2 aromatic rings. The van der Waals surface area contributed by atoms with Crippen molar-refractivity contribution in [2.24, 2.45) is 0 Å². The molecule has 1 N–H and O–H groups in total. The van der Waals surface area contributed by atoms with E-state index in [2.05, 4.69) is 31.8 Å². The zero-order valence-corrected chi connectivity index (χ0v) is 15.2. The van der Waals surface area contributed by atoms with Gasteiger partial charge in [0.25, 0.3) is 5.91 Å². The van der Waals surface area contributed by atoms with Crippen LogP contribution in [0.1, 0.15) is 27.0 Å². The zero-order valence-electron chi connectivity index (χ0n) is 14.4. The van der Waals surface area contributed by atoms with Gasteiger partial charge < -0.3 is 10.2 Å². The van der Waals surface area contributed by atoms with Crippen LogP contribution in [0.3, 0.4) is 0 Å². The number of likely N-dealkylation sites (N-methyl/N-ethyl adjacent to an activating group) is 1. The molecule has 0 spiro atoms. The van der Waals surface area contributed by atoms with Gasteiger partial charge in [-0.3, -0.25) is 9.69 Å². The highest BCUT2D eigenvalue weighted by atomic mass is 32.1. The molecule has 0 bridgehead atoms. The minimum atomic E-state index is -0.253. The first kappa shape index (κ1) is 17.9. The molecule has 0 unspecified atom stereocenters. The molecular weight excluding hydrogens is 341 g/mol. The van der Waals surface area contributed by atoms with Crippen molar-refractivity contribution in [3.8, 4) is 0 Å². The molecule has 25 heavy (non-hydrogen) atoms. The highest BCUT2D eigenvalue weighted by Gasteiger charge is 2.25. The van der Waals surface area contributed by atoms with Gasteiger partial charge in [0.1, 0.15) is 10.7 Å². The Labute approximate surface area is 150 Å². The molecule has 1 aromatic carbocycles. The third-order valence-corrected chi connectivity index (χ3v) is 5.37. The number of aryl methyl sites for hydroxylation is 1. The zero-order chi connectivity index (χ0) is 17.8. The summed E-state index contributed by atoms with van der Waals surface area (Å²) in [6, 6.07) is 6.54. The van der Waals surface area contributed by atoms with Gasteiger partial charge >= 0.3 is 0 Å². The molecule has 0 saturated carbocycles. The van der Waals surface area contributed by atoms with Gasteiger partial charge in [0.15, 0.2) is 0 Å². The second-order valence-corrected chi connectivity index (χ2v) is 7.06. The molecule has 1 amide bonds. The predicted molar refractivity (Wildman–Crippen MR) is 95.2 cm³/mol. The van der Waals surface area contributed by atoms with Gasteiger partial charge in [0, 0.05) is 32.7 Å². The van der Waals surface area contributed by atoms with Crippen LogP contribution in [0, 0.1) is 12.7 Å². The Morgan fingerprint density at radius 3 is 2.56 bits per heavy atom. The highest BCUT2D eigenvalue weighted by Crippen LogP contribution is 2.22. The quantitative estimate of drug-likeness (QED) is 0.876. The molecule has 1 aromatic heterocycles. The number of hydrogen-bond donors (Lipinski definition) is 1. The van der Waals surface area contributed by atoms with E-state index in [1.165, 1.54) is 12.1 Å². The van der Waals surface area contributed by atoms with Crippen molar-refractivity contribution in [2.75, 3.05) is 39.8 Å². The van der Waals surface area contributed by atoms with E-state index in [0.29, 0.717) is 17.1 Å². The fraction of sp³-hybridized carbons (Fsp3) is 0.471. The Hall–Kier alpha value is -1.90. The molecule has 0 aliphatic carbocycles. The molecule has 134 valence electrons.